The third-order valence-electron chi connectivity index (χ3n) is 2.89. The number of benzene rings is 1. The van der Waals surface area contributed by atoms with E-state index in [1.807, 2.05) is 38.1 Å². The van der Waals surface area contributed by atoms with Crippen molar-refractivity contribution in [2.75, 3.05) is 19.0 Å². The van der Waals surface area contributed by atoms with E-state index in [-0.39, 0.29) is 0 Å². The zero-order valence-corrected chi connectivity index (χ0v) is 12.7. The summed E-state index contributed by atoms with van der Waals surface area (Å²) in [5.74, 6) is 2.29. The predicted molar refractivity (Wildman–Crippen MR) is 82.6 cm³/mol. The lowest BCUT2D eigenvalue weighted by molar-refractivity contribution is 0.415. The van der Waals surface area contributed by atoms with E-state index >= 15 is 0 Å². The van der Waals surface area contributed by atoms with Crippen molar-refractivity contribution in [2.24, 2.45) is 0 Å². The van der Waals surface area contributed by atoms with Crippen LogP contribution >= 0.6 is 11.6 Å². The van der Waals surface area contributed by atoms with Crippen molar-refractivity contribution >= 4 is 17.4 Å². The molecular weight excluding hydrogens is 274 g/mol. The molecule has 0 radical (unpaired) electrons. The van der Waals surface area contributed by atoms with Gasteiger partial charge in [0.2, 0.25) is 0 Å². The first kappa shape index (κ1) is 14.6. The van der Waals surface area contributed by atoms with Crippen LogP contribution in [0, 0.1) is 0 Å². The molecule has 4 nitrogen and oxygen atoms in total. The minimum Gasteiger partial charge on any atom is -0.495 e. The van der Waals surface area contributed by atoms with Gasteiger partial charge in [0.25, 0.3) is 0 Å². The first-order chi connectivity index (χ1) is 9.67. The molecule has 0 saturated carbocycles. The number of rotatable bonds is 5. The number of aryl methyl sites for hydroxylation is 1. The highest BCUT2D eigenvalue weighted by Gasteiger charge is 2.08. The molecular formula is C15H18ClN3O. The molecule has 20 heavy (non-hydrogen) atoms. The van der Waals surface area contributed by atoms with Crippen LogP contribution in [0.1, 0.15) is 19.7 Å². The fraction of sp³-hybridized carbons (Fsp3) is 0.333. The third kappa shape index (κ3) is 3.20. The molecule has 1 aromatic carbocycles. The van der Waals surface area contributed by atoms with Crippen molar-refractivity contribution in [2.45, 2.75) is 20.3 Å². The van der Waals surface area contributed by atoms with Crippen LogP contribution in [0.3, 0.4) is 0 Å². The Kier molecular flexibility index (Phi) is 4.79. The van der Waals surface area contributed by atoms with E-state index in [0.29, 0.717) is 10.8 Å². The quantitative estimate of drug-likeness (QED) is 0.910. The van der Waals surface area contributed by atoms with Crippen molar-refractivity contribution in [1.82, 2.24) is 9.97 Å². The molecule has 0 atom stereocenters. The van der Waals surface area contributed by atoms with Crippen LogP contribution in [-0.4, -0.2) is 23.6 Å². The number of hydrogen-bond donors (Lipinski definition) is 1. The summed E-state index contributed by atoms with van der Waals surface area (Å²) in [5.41, 5.74) is 1.82. The largest absolute Gasteiger partial charge is 0.495 e. The van der Waals surface area contributed by atoms with Gasteiger partial charge >= 0.3 is 0 Å². The highest BCUT2D eigenvalue weighted by atomic mass is 35.5. The Balaban J connectivity index is 2.47. The molecule has 0 saturated heterocycles. The van der Waals surface area contributed by atoms with Crippen molar-refractivity contribution in [3.05, 3.63) is 35.1 Å². The number of ether oxygens (including phenoxy) is 1. The smallest absolute Gasteiger partial charge is 0.138 e. The average molecular weight is 292 g/mol. The number of nitrogens with one attached hydrogen (secondary N) is 1. The van der Waals surface area contributed by atoms with E-state index in [0.717, 1.165) is 35.9 Å². The molecule has 1 heterocycles. The molecule has 0 unspecified atom stereocenters. The number of methoxy groups -OCH3 is 1. The van der Waals surface area contributed by atoms with Crippen LogP contribution in [0.5, 0.6) is 5.75 Å². The zero-order chi connectivity index (χ0) is 14.5. The number of nitrogens with zero attached hydrogens (tertiary/aromatic N) is 2. The van der Waals surface area contributed by atoms with Gasteiger partial charge in [-0.3, -0.25) is 0 Å². The van der Waals surface area contributed by atoms with Gasteiger partial charge in [-0.15, -0.1) is 0 Å². The Bertz CT molecular complexity index is 602. The first-order valence-electron chi connectivity index (χ1n) is 6.63. The normalized spacial score (nSPS) is 10.4. The van der Waals surface area contributed by atoms with Gasteiger partial charge in [0.15, 0.2) is 0 Å². The molecule has 0 spiro atoms. The summed E-state index contributed by atoms with van der Waals surface area (Å²) in [7, 11) is 1.60. The van der Waals surface area contributed by atoms with Crippen molar-refractivity contribution in [3.63, 3.8) is 0 Å². The Labute approximate surface area is 124 Å². The molecule has 0 aliphatic rings. The minimum atomic E-state index is 0.591. The van der Waals surface area contributed by atoms with E-state index in [9.17, 15) is 0 Å². The van der Waals surface area contributed by atoms with Gasteiger partial charge < -0.3 is 10.1 Å². The number of anilines is 1. The van der Waals surface area contributed by atoms with Gasteiger partial charge in [0.05, 0.1) is 17.8 Å². The molecule has 5 heteroatoms. The summed E-state index contributed by atoms with van der Waals surface area (Å²) >= 11 is 6.05. The maximum absolute atomic E-state index is 6.05. The highest BCUT2D eigenvalue weighted by Crippen LogP contribution is 2.30. The molecule has 0 aliphatic carbocycles. The van der Waals surface area contributed by atoms with Gasteiger partial charge in [0.1, 0.15) is 17.4 Å². The maximum Gasteiger partial charge on any atom is 0.138 e. The fourth-order valence-electron chi connectivity index (χ4n) is 1.89. The van der Waals surface area contributed by atoms with Crippen molar-refractivity contribution < 1.29 is 4.74 Å². The zero-order valence-electron chi connectivity index (χ0n) is 11.9. The standard InChI is InChI=1S/C15H18ClN3O/c1-4-14-18-12(9-15(19-14)17-5-2)10-6-7-11(16)13(8-10)20-3/h6-9H,4-5H2,1-3H3,(H,17,18,19). The highest BCUT2D eigenvalue weighted by molar-refractivity contribution is 6.32. The maximum atomic E-state index is 6.05. The molecule has 1 aromatic heterocycles. The molecule has 1 N–H and O–H groups in total. The predicted octanol–water partition coefficient (Wildman–Crippen LogP) is 3.80. The lowest BCUT2D eigenvalue weighted by Crippen LogP contribution is -2.04. The lowest BCUT2D eigenvalue weighted by atomic mass is 10.1. The Morgan fingerprint density at radius 1 is 1.20 bits per heavy atom. The summed E-state index contributed by atoms with van der Waals surface area (Å²) in [5, 5.41) is 3.81. The van der Waals surface area contributed by atoms with Gasteiger partial charge in [0, 0.05) is 24.6 Å². The summed E-state index contributed by atoms with van der Waals surface area (Å²) < 4.78 is 5.25. The van der Waals surface area contributed by atoms with E-state index in [4.69, 9.17) is 16.3 Å². The van der Waals surface area contributed by atoms with E-state index in [2.05, 4.69) is 15.3 Å². The van der Waals surface area contributed by atoms with Gasteiger partial charge in [-0.1, -0.05) is 24.6 Å². The van der Waals surface area contributed by atoms with Gasteiger partial charge in [-0.2, -0.15) is 0 Å². The Hall–Kier alpha value is -1.81. The molecule has 0 fully saturated rings. The molecule has 2 aromatic rings. The van der Waals surface area contributed by atoms with Crippen molar-refractivity contribution in [1.29, 1.82) is 0 Å². The van der Waals surface area contributed by atoms with Crippen molar-refractivity contribution in [3.8, 4) is 17.0 Å². The van der Waals surface area contributed by atoms with Crippen LogP contribution in [0.25, 0.3) is 11.3 Å². The third-order valence-corrected chi connectivity index (χ3v) is 3.21. The van der Waals surface area contributed by atoms with E-state index < -0.39 is 0 Å². The van der Waals surface area contributed by atoms with Gasteiger partial charge in [-0.25, -0.2) is 9.97 Å². The monoisotopic (exact) mass is 291 g/mol. The number of halogens is 1. The van der Waals surface area contributed by atoms with Crippen LogP contribution in [0.2, 0.25) is 5.02 Å². The number of aromatic nitrogens is 2. The number of hydrogen-bond acceptors (Lipinski definition) is 4. The fourth-order valence-corrected chi connectivity index (χ4v) is 2.09. The van der Waals surface area contributed by atoms with Crippen LogP contribution in [0.15, 0.2) is 24.3 Å². The van der Waals surface area contributed by atoms with E-state index in [1.54, 1.807) is 7.11 Å². The summed E-state index contributed by atoms with van der Waals surface area (Å²) in [6.07, 6.45) is 0.789. The Morgan fingerprint density at radius 3 is 2.65 bits per heavy atom. The van der Waals surface area contributed by atoms with Gasteiger partial charge in [-0.05, 0) is 19.1 Å². The summed E-state index contributed by atoms with van der Waals surface area (Å²) in [4.78, 5) is 9.01. The second kappa shape index (κ2) is 6.57. The molecule has 0 aliphatic heterocycles. The lowest BCUT2D eigenvalue weighted by Gasteiger charge is -2.10. The molecule has 2 rings (SSSR count). The second-order valence-electron chi connectivity index (χ2n) is 4.29. The summed E-state index contributed by atoms with van der Waals surface area (Å²) in [6, 6.07) is 7.57. The topological polar surface area (TPSA) is 47.0 Å². The average Bonchev–Trinajstić information content (AvgIpc) is 2.47. The molecule has 0 amide bonds. The molecule has 0 bridgehead atoms. The minimum absolute atomic E-state index is 0.591. The first-order valence-corrected chi connectivity index (χ1v) is 7.01. The van der Waals surface area contributed by atoms with Crippen LogP contribution in [-0.2, 0) is 6.42 Å². The van der Waals surface area contributed by atoms with E-state index in [1.165, 1.54) is 0 Å². The second-order valence-corrected chi connectivity index (χ2v) is 4.70. The van der Waals surface area contributed by atoms with Crippen LogP contribution < -0.4 is 10.1 Å². The Morgan fingerprint density at radius 2 is 2.00 bits per heavy atom. The van der Waals surface area contributed by atoms with Crippen LogP contribution in [0.4, 0.5) is 5.82 Å². The summed E-state index contributed by atoms with van der Waals surface area (Å²) in [6.45, 7) is 4.90. The SMILES string of the molecule is CCNc1cc(-c2ccc(Cl)c(OC)c2)nc(CC)n1. The molecule has 106 valence electrons.